The maximum absolute atomic E-state index is 10.5. The second kappa shape index (κ2) is 10.5. The van der Waals surface area contributed by atoms with Gasteiger partial charge in [0.15, 0.2) is 0 Å². The lowest BCUT2D eigenvalue weighted by Gasteiger charge is -2.01. The molecule has 0 saturated heterocycles. The molecule has 0 atom stereocenters. The third-order valence-corrected chi connectivity index (χ3v) is 2.62. The number of carbonyl (C=O) groups is 1. The van der Waals surface area contributed by atoms with Crippen LogP contribution >= 0.6 is 11.9 Å². The van der Waals surface area contributed by atoms with Crippen molar-refractivity contribution in [2.24, 2.45) is 0 Å². The fourth-order valence-electron chi connectivity index (χ4n) is 0.912. The van der Waals surface area contributed by atoms with Crippen LogP contribution in [0.15, 0.2) is 29.2 Å². The molecule has 0 heterocycles. The Bertz CT molecular complexity index is 374. The zero-order valence-corrected chi connectivity index (χ0v) is 11.1. The summed E-state index contributed by atoms with van der Waals surface area (Å²) in [5.41, 5.74) is 0.147. The van der Waals surface area contributed by atoms with Crippen LogP contribution in [-0.4, -0.2) is 24.5 Å². The third-order valence-electron chi connectivity index (χ3n) is 1.62. The molecule has 0 amide bonds. The number of para-hydroxylation sites is 1. The first-order chi connectivity index (χ1) is 8.67. The number of nitrogens with one attached hydrogen (secondary N) is 1. The first kappa shape index (κ1) is 16.4. The van der Waals surface area contributed by atoms with Crippen molar-refractivity contribution in [3.8, 4) is 0 Å². The Balaban J connectivity index is 0.000000494. The summed E-state index contributed by atoms with van der Waals surface area (Å²) >= 11 is 1.28. The van der Waals surface area contributed by atoms with Crippen LogP contribution in [0.4, 0.5) is 5.69 Å². The van der Waals surface area contributed by atoms with Crippen molar-refractivity contribution < 1.29 is 14.5 Å². The normalized spacial score (nSPS) is 9.00. The molecule has 0 radical (unpaired) electrons. The standard InChI is InChI=1S/C8H10N2O2S.C3H6O2/c1-2-9-13-8-6-4-3-5-7(8)10(11)12;1-2-5-3-4/h3-6,9H,2H2,1H3;3H,2H2,1H3. The molecule has 1 aromatic carbocycles. The Morgan fingerprint density at radius 2 is 2.11 bits per heavy atom. The summed E-state index contributed by atoms with van der Waals surface area (Å²) in [6, 6.07) is 6.67. The Kier molecular flexibility index (Phi) is 9.61. The van der Waals surface area contributed by atoms with Gasteiger partial charge >= 0.3 is 0 Å². The lowest BCUT2D eigenvalue weighted by molar-refractivity contribution is -0.387. The SMILES string of the molecule is CCNSc1ccccc1[N+](=O)[O-].CCOC=O. The van der Waals surface area contributed by atoms with Gasteiger partial charge in [-0.05, 0) is 24.9 Å². The van der Waals surface area contributed by atoms with E-state index in [-0.39, 0.29) is 10.6 Å². The maximum Gasteiger partial charge on any atom is 0.293 e. The van der Waals surface area contributed by atoms with E-state index >= 15 is 0 Å². The molecule has 0 aromatic heterocycles. The molecule has 0 saturated carbocycles. The highest BCUT2D eigenvalue weighted by Crippen LogP contribution is 2.25. The van der Waals surface area contributed by atoms with Gasteiger partial charge in [-0.2, -0.15) is 0 Å². The molecule has 1 rings (SSSR count). The van der Waals surface area contributed by atoms with Gasteiger partial charge in [0.1, 0.15) is 4.90 Å². The molecule has 6 nitrogen and oxygen atoms in total. The van der Waals surface area contributed by atoms with E-state index in [1.807, 2.05) is 6.92 Å². The second-order valence-electron chi connectivity index (χ2n) is 2.88. The molecule has 0 aliphatic carbocycles. The number of nitro benzene ring substituents is 1. The number of rotatable bonds is 6. The molecule has 0 spiro atoms. The number of nitrogens with zero attached hydrogens (tertiary/aromatic N) is 1. The Hall–Kier alpha value is -1.60. The van der Waals surface area contributed by atoms with Crippen molar-refractivity contribution in [1.29, 1.82) is 0 Å². The highest BCUT2D eigenvalue weighted by Gasteiger charge is 2.11. The lowest BCUT2D eigenvalue weighted by atomic mass is 10.3. The maximum atomic E-state index is 10.5. The minimum absolute atomic E-state index is 0.147. The summed E-state index contributed by atoms with van der Waals surface area (Å²) in [7, 11) is 0. The van der Waals surface area contributed by atoms with Crippen molar-refractivity contribution in [1.82, 2.24) is 4.72 Å². The van der Waals surface area contributed by atoms with Crippen LogP contribution in [0.25, 0.3) is 0 Å². The van der Waals surface area contributed by atoms with E-state index in [9.17, 15) is 14.9 Å². The van der Waals surface area contributed by atoms with Crippen LogP contribution < -0.4 is 4.72 Å². The summed E-state index contributed by atoms with van der Waals surface area (Å²) in [5, 5.41) is 10.5. The number of ether oxygens (including phenoxy) is 1. The number of hydrogen-bond donors (Lipinski definition) is 1. The Morgan fingerprint density at radius 1 is 1.44 bits per heavy atom. The van der Waals surface area contributed by atoms with Gasteiger partial charge in [0.05, 0.1) is 11.5 Å². The zero-order valence-electron chi connectivity index (χ0n) is 10.3. The van der Waals surface area contributed by atoms with Crippen molar-refractivity contribution in [3.05, 3.63) is 34.4 Å². The molecule has 1 aromatic rings. The first-order valence-corrected chi connectivity index (χ1v) is 6.17. The van der Waals surface area contributed by atoms with Gasteiger partial charge in [0.2, 0.25) is 0 Å². The van der Waals surface area contributed by atoms with E-state index in [0.717, 1.165) is 6.54 Å². The fourth-order valence-corrected chi connectivity index (χ4v) is 1.61. The van der Waals surface area contributed by atoms with Gasteiger partial charge < -0.3 is 4.74 Å². The van der Waals surface area contributed by atoms with E-state index < -0.39 is 0 Å². The average molecular weight is 272 g/mol. The predicted molar refractivity (Wildman–Crippen MR) is 70.3 cm³/mol. The lowest BCUT2D eigenvalue weighted by Crippen LogP contribution is -2.01. The summed E-state index contributed by atoms with van der Waals surface area (Å²) in [5.74, 6) is 0. The molecule has 0 aliphatic heterocycles. The van der Waals surface area contributed by atoms with Crippen molar-refractivity contribution in [2.45, 2.75) is 18.7 Å². The Labute approximate surface area is 110 Å². The molecule has 0 aliphatic rings. The minimum Gasteiger partial charge on any atom is -0.468 e. The Morgan fingerprint density at radius 3 is 2.56 bits per heavy atom. The molecule has 0 unspecified atom stereocenters. The van der Waals surface area contributed by atoms with E-state index in [1.54, 1.807) is 25.1 Å². The molecule has 100 valence electrons. The van der Waals surface area contributed by atoms with Crippen molar-refractivity contribution in [3.63, 3.8) is 0 Å². The smallest absolute Gasteiger partial charge is 0.293 e. The molecule has 7 heteroatoms. The first-order valence-electron chi connectivity index (χ1n) is 5.35. The van der Waals surface area contributed by atoms with E-state index in [0.29, 0.717) is 18.0 Å². The van der Waals surface area contributed by atoms with Crippen LogP contribution in [0.3, 0.4) is 0 Å². The molecule has 0 fully saturated rings. The van der Waals surface area contributed by atoms with E-state index in [4.69, 9.17) is 0 Å². The van der Waals surface area contributed by atoms with E-state index in [1.165, 1.54) is 18.0 Å². The van der Waals surface area contributed by atoms with E-state index in [2.05, 4.69) is 9.46 Å². The highest BCUT2D eigenvalue weighted by atomic mass is 32.2. The van der Waals surface area contributed by atoms with Gasteiger partial charge in [0, 0.05) is 12.6 Å². The van der Waals surface area contributed by atoms with Gasteiger partial charge in [-0.3, -0.25) is 19.6 Å². The molecular formula is C11H16N2O4S. The zero-order chi connectivity index (χ0) is 13.8. The quantitative estimate of drug-likeness (QED) is 0.370. The summed E-state index contributed by atoms with van der Waals surface area (Å²) < 4.78 is 7.12. The van der Waals surface area contributed by atoms with Gasteiger partial charge in [-0.25, -0.2) is 0 Å². The number of benzene rings is 1. The molecule has 0 bridgehead atoms. The van der Waals surface area contributed by atoms with Crippen molar-refractivity contribution >= 4 is 24.1 Å². The van der Waals surface area contributed by atoms with Crippen LogP contribution in [0.2, 0.25) is 0 Å². The van der Waals surface area contributed by atoms with Crippen molar-refractivity contribution in [2.75, 3.05) is 13.2 Å². The monoisotopic (exact) mass is 272 g/mol. The topological polar surface area (TPSA) is 81.5 Å². The second-order valence-corrected chi connectivity index (χ2v) is 3.81. The summed E-state index contributed by atoms with van der Waals surface area (Å²) in [4.78, 5) is 20.0. The summed E-state index contributed by atoms with van der Waals surface area (Å²) in [6.07, 6.45) is 0. The average Bonchev–Trinajstić information content (AvgIpc) is 2.38. The largest absolute Gasteiger partial charge is 0.468 e. The van der Waals surface area contributed by atoms with Crippen LogP contribution in [0.1, 0.15) is 13.8 Å². The van der Waals surface area contributed by atoms with Crippen LogP contribution in [-0.2, 0) is 9.53 Å². The third kappa shape index (κ3) is 6.87. The molecule has 18 heavy (non-hydrogen) atoms. The summed E-state index contributed by atoms with van der Waals surface area (Å²) in [6.45, 7) is 5.39. The highest BCUT2D eigenvalue weighted by molar-refractivity contribution is 7.97. The number of nitro groups is 1. The van der Waals surface area contributed by atoms with Gasteiger partial charge in [0.25, 0.3) is 12.2 Å². The molecule has 1 N–H and O–H groups in total. The van der Waals surface area contributed by atoms with Gasteiger partial charge in [-0.15, -0.1) is 0 Å². The fraction of sp³-hybridized carbons (Fsp3) is 0.364. The predicted octanol–water partition coefficient (Wildman–Crippen LogP) is 2.39. The van der Waals surface area contributed by atoms with Gasteiger partial charge in [-0.1, -0.05) is 19.1 Å². The molecular weight excluding hydrogens is 256 g/mol. The number of hydrogen-bond acceptors (Lipinski definition) is 6. The van der Waals surface area contributed by atoms with Crippen LogP contribution in [0.5, 0.6) is 0 Å². The minimum atomic E-state index is -0.375. The van der Waals surface area contributed by atoms with Crippen LogP contribution in [0, 0.1) is 10.1 Å². The number of carbonyl (C=O) groups excluding carboxylic acids is 1.